The van der Waals surface area contributed by atoms with E-state index < -0.39 is 12.3 Å². The lowest BCUT2D eigenvalue weighted by Crippen LogP contribution is -2.18. The van der Waals surface area contributed by atoms with Crippen LogP contribution < -0.4 is 15.4 Å². The first-order valence-electron chi connectivity index (χ1n) is 16.7. The van der Waals surface area contributed by atoms with Crippen molar-refractivity contribution in [1.29, 1.82) is 0 Å². The number of aryl methyl sites for hydroxylation is 3. The van der Waals surface area contributed by atoms with Crippen molar-refractivity contribution in [2.24, 2.45) is 5.92 Å². The van der Waals surface area contributed by atoms with E-state index in [2.05, 4.69) is 28.4 Å². The molecule has 1 amide bonds. The van der Waals surface area contributed by atoms with Crippen molar-refractivity contribution in [3.8, 4) is 23.0 Å². The van der Waals surface area contributed by atoms with Crippen LogP contribution in [0.3, 0.4) is 0 Å². The van der Waals surface area contributed by atoms with Crippen LogP contribution in [0.25, 0.3) is 0 Å². The number of hydrogen-bond donors (Lipinski definition) is 5. The van der Waals surface area contributed by atoms with Crippen LogP contribution in [0.15, 0.2) is 60.7 Å². The Labute approximate surface area is 316 Å². The highest BCUT2D eigenvalue weighted by Crippen LogP contribution is 2.42. The van der Waals surface area contributed by atoms with Gasteiger partial charge in [-0.05, 0) is 95.5 Å². The number of amides is 1. The maximum Gasteiger partial charge on any atom is 0.338 e. The molecule has 0 aliphatic heterocycles. The third kappa shape index (κ3) is 13.2. The van der Waals surface area contributed by atoms with Crippen LogP contribution in [-0.4, -0.2) is 46.7 Å². The predicted molar refractivity (Wildman–Crippen MR) is 209 cm³/mol. The summed E-state index contributed by atoms with van der Waals surface area (Å²) in [5.74, 6) is -0.0642. The smallest absolute Gasteiger partial charge is 0.338 e. The molecule has 1 unspecified atom stereocenters. The van der Waals surface area contributed by atoms with Gasteiger partial charge in [-0.3, -0.25) is 4.79 Å². The highest BCUT2D eigenvalue weighted by molar-refractivity contribution is 6.34. The molecule has 5 N–H and O–H groups in total. The molecule has 52 heavy (non-hydrogen) atoms. The van der Waals surface area contributed by atoms with Gasteiger partial charge in [0.15, 0.2) is 12.0 Å². The van der Waals surface area contributed by atoms with Gasteiger partial charge in [0, 0.05) is 36.4 Å². The van der Waals surface area contributed by atoms with Crippen molar-refractivity contribution in [3.63, 3.8) is 0 Å². The minimum absolute atomic E-state index is 0.0914. The molecule has 4 aromatic rings. The Morgan fingerprint density at radius 2 is 1.46 bits per heavy atom. The molecule has 0 heterocycles. The van der Waals surface area contributed by atoms with Gasteiger partial charge in [0.1, 0.15) is 17.2 Å². The Kier molecular flexibility index (Phi) is 17.2. The average molecular weight is 758 g/mol. The number of phenolic OH excluding ortho intramolecular Hbond substituents is 2. The number of esters is 1. The Bertz CT molecular complexity index is 1810. The van der Waals surface area contributed by atoms with Gasteiger partial charge in [0.05, 0.1) is 33.1 Å². The summed E-state index contributed by atoms with van der Waals surface area (Å²) < 4.78 is 15.4. The summed E-state index contributed by atoms with van der Waals surface area (Å²) in [4.78, 5) is 23.9. The first kappa shape index (κ1) is 43.7. The fraction of sp³-hybridized carbons (Fsp3) is 0.350. The molecule has 1 atom stereocenters. The molecule has 10 nitrogen and oxygen atoms in total. The van der Waals surface area contributed by atoms with Crippen LogP contribution in [0.1, 0.15) is 73.7 Å². The fourth-order valence-corrected chi connectivity index (χ4v) is 4.74. The molecule has 0 aliphatic rings. The maximum absolute atomic E-state index is 12.0. The number of ether oxygens (including phenoxy) is 3. The second kappa shape index (κ2) is 20.5. The zero-order valence-electron chi connectivity index (χ0n) is 31.4. The number of halogens is 2. The van der Waals surface area contributed by atoms with Crippen LogP contribution in [0, 0.1) is 33.6 Å². The topological polar surface area (TPSA) is 147 Å². The number of rotatable bonds is 10. The quantitative estimate of drug-likeness (QED) is 0.0606. The van der Waals surface area contributed by atoms with Crippen molar-refractivity contribution >= 4 is 52.1 Å². The summed E-state index contributed by atoms with van der Waals surface area (Å²) >= 11 is 12.4. The Morgan fingerprint density at radius 3 is 1.98 bits per heavy atom. The molecule has 4 aromatic carbocycles. The van der Waals surface area contributed by atoms with Crippen LogP contribution >= 0.6 is 23.2 Å². The molecule has 0 saturated heterocycles. The molecule has 4 rings (SSSR count). The molecular formula is C40H50Cl2N2O8. The van der Waals surface area contributed by atoms with E-state index in [4.69, 9.17) is 37.8 Å². The lowest BCUT2D eigenvalue weighted by atomic mass is 10.1. The summed E-state index contributed by atoms with van der Waals surface area (Å²) in [5.41, 5.74) is 5.93. The van der Waals surface area contributed by atoms with E-state index in [-0.39, 0.29) is 40.1 Å². The third-order valence-corrected chi connectivity index (χ3v) is 8.21. The van der Waals surface area contributed by atoms with Gasteiger partial charge in [-0.2, -0.15) is 0 Å². The van der Waals surface area contributed by atoms with E-state index in [1.165, 1.54) is 18.7 Å². The van der Waals surface area contributed by atoms with Crippen molar-refractivity contribution < 1.29 is 39.1 Å². The van der Waals surface area contributed by atoms with Crippen molar-refractivity contribution in [1.82, 2.24) is 0 Å². The van der Waals surface area contributed by atoms with E-state index >= 15 is 0 Å². The first-order valence-corrected chi connectivity index (χ1v) is 17.5. The van der Waals surface area contributed by atoms with E-state index in [0.717, 1.165) is 16.8 Å². The number of carbonyl (C=O) groups excluding carboxylic acids is 2. The van der Waals surface area contributed by atoms with Crippen molar-refractivity contribution in [2.75, 3.05) is 17.7 Å². The largest absolute Gasteiger partial charge is 0.508 e. The zero-order valence-corrected chi connectivity index (χ0v) is 32.9. The maximum atomic E-state index is 12.0. The standard InChI is InChI=1S/C21H24ClNO5.C15H16ClNO.C4H10O2/c1-11(2)20(25)23-16-10-17(13(5)18(22)19(16)24)28-15-8-6-14(7-9-15)21(26)27-12(3)4;1-9-4-5-13(10(2)6-9)17-14-8-15(18)11(3)7-12(14)16;1-3-4(5)6-2/h6-12,24H,1-5H3,(H,23,25);4-8,17-18H,1-3H3;4-5H,3H2,1-2H3. The zero-order chi connectivity index (χ0) is 39.3. The van der Waals surface area contributed by atoms with Crippen LogP contribution in [0.2, 0.25) is 10.0 Å². The minimum Gasteiger partial charge on any atom is -0.508 e. The summed E-state index contributed by atoms with van der Waals surface area (Å²) in [6.45, 7) is 16.5. The number of anilines is 3. The molecule has 0 bridgehead atoms. The minimum atomic E-state index is -0.565. The number of phenols is 2. The highest BCUT2D eigenvalue weighted by Gasteiger charge is 2.18. The number of methoxy groups -OCH3 is 1. The van der Waals surface area contributed by atoms with Crippen molar-refractivity contribution in [2.45, 2.75) is 81.1 Å². The summed E-state index contributed by atoms with van der Waals surface area (Å²) in [6.07, 6.45) is -0.106. The van der Waals surface area contributed by atoms with E-state index in [0.29, 0.717) is 39.8 Å². The number of nitrogens with one attached hydrogen (secondary N) is 2. The molecule has 0 saturated carbocycles. The predicted octanol–water partition coefficient (Wildman–Crippen LogP) is 10.4. The molecule has 12 heteroatoms. The average Bonchev–Trinajstić information content (AvgIpc) is 3.09. The van der Waals surface area contributed by atoms with Gasteiger partial charge in [-0.15, -0.1) is 0 Å². The van der Waals surface area contributed by atoms with Crippen LogP contribution in [0.4, 0.5) is 17.1 Å². The molecule has 0 aliphatic carbocycles. The second-order valence-corrected chi connectivity index (χ2v) is 13.4. The molecule has 0 radical (unpaired) electrons. The molecule has 0 spiro atoms. The lowest BCUT2D eigenvalue weighted by Gasteiger charge is -2.16. The first-order chi connectivity index (χ1) is 24.4. The van der Waals surface area contributed by atoms with Crippen LogP contribution in [0.5, 0.6) is 23.0 Å². The Balaban J connectivity index is 0.000000331. The summed E-state index contributed by atoms with van der Waals surface area (Å²) in [5, 5.41) is 34.9. The summed E-state index contributed by atoms with van der Waals surface area (Å²) in [6, 6.07) is 17.5. The summed E-state index contributed by atoms with van der Waals surface area (Å²) in [7, 11) is 1.48. The number of hydrogen-bond acceptors (Lipinski definition) is 9. The number of aliphatic hydroxyl groups excluding tert-OH is 1. The number of aromatic hydroxyl groups is 2. The number of aliphatic hydroxyl groups is 1. The van der Waals surface area contributed by atoms with Gasteiger partial charge >= 0.3 is 5.97 Å². The number of carbonyl (C=O) groups is 2. The van der Waals surface area contributed by atoms with E-state index in [1.54, 1.807) is 71.0 Å². The van der Waals surface area contributed by atoms with E-state index in [9.17, 15) is 19.8 Å². The molecule has 0 fully saturated rings. The van der Waals surface area contributed by atoms with Gasteiger partial charge in [0.25, 0.3) is 0 Å². The normalized spacial score (nSPS) is 11.1. The van der Waals surface area contributed by atoms with Crippen LogP contribution in [-0.2, 0) is 14.3 Å². The monoisotopic (exact) mass is 756 g/mol. The highest BCUT2D eigenvalue weighted by atomic mass is 35.5. The fourth-order valence-electron chi connectivity index (χ4n) is 4.28. The lowest BCUT2D eigenvalue weighted by molar-refractivity contribution is -0.118. The van der Waals surface area contributed by atoms with Crippen molar-refractivity contribution in [3.05, 3.63) is 98.5 Å². The number of benzene rings is 4. The Morgan fingerprint density at radius 1 is 0.827 bits per heavy atom. The van der Waals surface area contributed by atoms with Gasteiger partial charge in [-0.25, -0.2) is 4.79 Å². The van der Waals surface area contributed by atoms with Gasteiger partial charge in [-0.1, -0.05) is 61.7 Å². The van der Waals surface area contributed by atoms with E-state index in [1.807, 2.05) is 32.9 Å². The van der Waals surface area contributed by atoms with Gasteiger partial charge in [0.2, 0.25) is 5.91 Å². The third-order valence-electron chi connectivity index (χ3n) is 7.44. The van der Waals surface area contributed by atoms with Gasteiger partial charge < -0.3 is 40.2 Å². The molecule has 0 aromatic heterocycles. The molecule has 282 valence electrons. The Hall–Kier alpha value is -4.48. The SMILES string of the molecule is CCC(O)OC.Cc1c(Oc2ccc(C(=O)OC(C)C)cc2)cc(NC(=O)C(C)C)c(O)c1Cl.Cc1ccc(Nc2cc(O)c(C)cc2Cl)c(C)c1. The second-order valence-electron chi connectivity index (χ2n) is 12.6. The molecular weight excluding hydrogens is 707 g/mol.